The second-order valence-corrected chi connectivity index (χ2v) is 6.51. The number of nitrogens with one attached hydrogen (secondary N) is 1. The van der Waals surface area contributed by atoms with Crippen molar-refractivity contribution in [3.63, 3.8) is 0 Å². The molecule has 0 aromatic rings. The van der Waals surface area contributed by atoms with E-state index in [9.17, 15) is 4.79 Å². The maximum absolute atomic E-state index is 12.2. The normalized spacial score (nSPS) is 39.2. The quantitative estimate of drug-likeness (QED) is 0.813. The zero-order valence-electron chi connectivity index (χ0n) is 12.2. The molecule has 19 heavy (non-hydrogen) atoms. The third kappa shape index (κ3) is 3.93. The predicted octanol–water partition coefficient (Wildman–Crippen LogP) is 1.54. The van der Waals surface area contributed by atoms with Crippen LogP contribution in [0.5, 0.6) is 0 Å². The molecule has 4 heteroatoms. The molecule has 2 aliphatic rings. The summed E-state index contributed by atoms with van der Waals surface area (Å²) in [6, 6.07) is 0.176. The number of hydrogen-bond donors (Lipinski definition) is 2. The van der Waals surface area contributed by atoms with Gasteiger partial charge in [-0.15, -0.1) is 0 Å². The van der Waals surface area contributed by atoms with Crippen LogP contribution in [0.2, 0.25) is 0 Å². The summed E-state index contributed by atoms with van der Waals surface area (Å²) in [4.78, 5) is 12.2. The molecule has 1 heterocycles. The lowest BCUT2D eigenvalue weighted by molar-refractivity contribution is -0.128. The van der Waals surface area contributed by atoms with Gasteiger partial charge in [0.15, 0.2) is 0 Å². The molecule has 0 aromatic heterocycles. The van der Waals surface area contributed by atoms with Gasteiger partial charge in [-0.25, -0.2) is 0 Å². The summed E-state index contributed by atoms with van der Waals surface area (Å²) in [7, 11) is 0. The Morgan fingerprint density at radius 2 is 2.11 bits per heavy atom. The first-order valence-electron chi connectivity index (χ1n) is 7.69. The lowest BCUT2D eigenvalue weighted by Crippen LogP contribution is -2.45. The molecule has 4 nitrogen and oxygen atoms in total. The number of nitrogens with two attached hydrogens (primary N) is 1. The van der Waals surface area contributed by atoms with Crippen LogP contribution in [0.1, 0.15) is 39.5 Å². The zero-order chi connectivity index (χ0) is 13.8. The van der Waals surface area contributed by atoms with E-state index in [1.165, 1.54) is 0 Å². The van der Waals surface area contributed by atoms with Gasteiger partial charge >= 0.3 is 0 Å². The summed E-state index contributed by atoms with van der Waals surface area (Å²) in [5, 5.41) is 3.10. The second kappa shape index (κ2) is 6.71. The van der Waals surface area contributed by atoms with Crippen molar-refractivity contribution >= 4 is 5.91 Å². The average molecular weight is 268 g/mol. The number of amides is 1. The van der Waals surface area contributed by atoms with E-state index in [1.807, 2.05) is 0 Å². The molecule has 1 aliphatic carbocycles. The van der Waals surface area contributed by atoms with Crippen LogP contribution >= 0.6 is 0 Å². The molecule has 1 aliphatic heterocycles. The van der Waals surface area contributed by atoms with Gasteiger partial charge in [0, 0.05) is 31.7 Å². The molecule has 0 bridgehead atoms. The van der Waals surface area contributed by atoms with E-state index >= 15 is 0 Å². The first kappa shape index (κ1) is 14.8. The highest BCUT2D eigenvalue weighted by Crippen LogP contribution is 2.32. The van der Waals surface area contributed by atoms with Gasteiger partial charge < -0.3 is 15.8 Å². The smallest absolute Gasteiger partial charge is 0.223 e. The number of hydrogen-bond acceptors (Lipinski definition) is 3. The van der Waals surface area contributed by atoms with Gasteiger partial charge in [0.1, 0.15) is 0 Å². The monoisotopic (exact) mass is 268 g/mol. The molecule has 1 amide bonds. The van der Waals surface area contributed by atoms with Crippen molar-refractivity contribution in [1.29, 1.82) is 0 Å². The van der Waals surface area contributed by atoms with Gasteiger partial charge in [-0.1, -0.05) is 13.8 Å². The molecule has 0 aromatic carbocycles. The van der Waals surface area contributed by atoms with E-state index in [-0.39, 0.29) is 17.9 Å². The molecule has 0 spiro atoms. The standard InChI is InChI=1S/C15H28N2O2/c1-10-7-11(2)14(16)8-13(10)15(18)17-5-3-12-4-6-19-9-12/h10-14H,3-9,16H2,1-2H3,(H,17,18). The summed E-state index contributed by atoms with van der Waals surface area (Å²) in [6.07, 6.45) is 4.07. The van der Waals surface area contributed by atoms with Crippen LogP contribution in [-0.2, 0) is 9.53 Å². The summed E-state index contributed by atoms with van der Waals surface area (Å²) in [6.45, 7) is 6.89. The molecule has 2 fully saturated rings. The van der Waals surface area contributed by atoms with E-state index in [0.29, 0.717) is 17.8 Å². The Balaban J connectivity index is 1.72. The number of ether oxygens (including phenoxy) is 1. The molecule has 2 rings (SSSR count). The molecule has 110 valence electrons. The van der Waals surface area contributed by atoms with Gasteiger partial charge in [0.2, 0.25) is 5.91 Å². The van der Waals surface area contributed by atoms with E-state index in [0.717, 1.165) is 45.4 Å². The summed E-state index contributed by atoms with van der Waals surface area (Å²) >= 11 is 0. The van der Waals surface area contributed by atoms with Crippen molar-refractivity contribution in [2.75, 3.05) is 19.8 Å². The van der Waals surface area contributed by atoms with Crippen LogP contribution in [-0.4, -0.2) is 31.7 Å². The van der Waals surface area contributed by atoms with Gasteiger partial charge in [-0.3, -0.25) is 4.79 Å². The van der Waals surface area contributed by atoms with E-state index < -0.39 is 0 Å². The van der Waals surface area contributed by atoms with Crippen LogP contribution in [0.4, 0.5) is 0 Å². The predicted molar refractivity (Wildman–Crippen MR) is 75.6 cm³/mol. The molecular formula is C15H28N2O2. The highest BCUT2D eigenvalue weighted by molar-refractivity contribution is 5.79. The largest absolute Gasteiger partial charge is 0.381 e. The van der Waals surface area contributed by atoms with Crippen molar-refractivity contribution in [1.82, 2.24) is 5.32 Å². The van der Waals surface area contributed by atoms with E-state index in [1.54, 1.807) is 0 Å². The first-order valence-corrected chi connectivity index (χ1v) is 7.69. The van der Waals surface area contributed by atoms with Crippen molar-refractivity contribution in [3.05, 3.63) is 0 Å². The SMILES string of the molecule is CC1CC(C)C(C(=O)NCCC2CCOC2)CC1N. The van der Waals surface area contributed by atoms with Crippen LogP contribution in [0, 0.1) is 23.7 Å². The summed E-state index contributed by atoms with van der Waals surface area (Å²) < 4.78 is 5.34. The molecule has 1 saturated carbocycles. The van der Waals surface area contributed by atoms with Crippen LogP contribution < -0.4 is 11.1 Å². The van der Waals surface area contributed by atoms with E-state index in [4.69, 9.17) is 10.5 Å². The fraction of sp³-hybridized carbons (Fsp3) is 0.933. The number of rotatable bonds is 4. The molecular weight excluding hydrogens is 240 g/mol. The van der Waals surface area contributed by atoms with Crippen LogP contribution in [0.3, 0.4) is 0 Å². The Hall–Kier alpha value is -0.610. The molecule has 1 saturated heterocycles. The van der Waals surface area contributed by atoms with Gasteiger partial charge in [-0.2, -0.15) is 0 Å². The maximum atomic E-state index is 12.2. The minimum absolute atomic E-state index is 0.103. The van der Waals surface area contributed by atoms with Crippen molar-refractivity contribution in [3.8, 4) is 0 Å². The Bertz CT molecular complexity index is 303. The lowest BCUT2D eigenvalue weighted by atomic mass is 9.72. The first-order chi connectivity index (χ1) is 9.08. The van der Waals surface area contributed by atoms with E-state index in [2.05, 4.69) is 19.2 Å². The topological polar surface area (TPSA) is 64.3 Å². The minimum Gasteiger partial charge on any atom is -0.381 e. The minimum atomic E-state index is 0.103. The second-order valence-electron chi connectivity index (χ2n) is 6.51. The molecule has 5 unspecified atom stereocenters. The summed E-state index contributed by atoms with van der Waals surface area (Å²) in [5.41, 5.74) is 6.10. The molecule has 3 N–H and O–H groups in total. The average Bonchev–Trinajstić information content (AvgIpc) is 2.86. The zero-order valence-corrected chi connectivity index (χ0v) is 12.2. The molecule has 0 radical (unpaired) electrons. The Labute approximate surface area is 116 Å². The lowest BCUT2D eigenvalue weighted by Gasteiger charge is -2.36. The maximum Gasteiger partial charge on any atom is 0.223 e. The Morgan fingerprint density at radius 1 is 1.32 bits per heavy atom. The third-order valence-corrected chi connectivity index (χ3v) is 4.90. The van der Waals surface area contributed by atoms with Gasteiger partial charge in [-0.05, 0) is 43.4 Å². The van der Waals surface area contributed by atoms with Crippen molar-refractivity contribution < 1.29 is 9.53 Å². The fourth-order valence-electron chi connectivity index (χ4n) is 3.39. The number of carbonyl (C=O) groups excluding carboxylic acids is 1. The van der Waals surface area contributed by atoms with Gasteiger partial charge in [0.05, 0.1) is 0 Å². The molecule has 5 atom stereocenters. The number of carbonyl (C=O) groups is 1. The highest BCUT2D eigenvalue weighted by atomic mass is 16.5. The third-order valence-electron chi connectivity index (χ3n) is 4.90. The summed E-state index contributed by atoms with van der Waals surface area (Å²) in [5.74, 6) is 1.92. The fourth-order valence-corrected chi connectivity index (χ4v) is 3.39. The van der Waals surface area contributed by atoms with Crippen LogP contribution in [0.25, 0.3) is 0 Å². The Kier molecular flexibility index (Phi) is 5.22. The van der Waals surface area contributed by atoms with Crippen LogP contribution in [0.15, 0.2) is 0 Å². The highest BCUT2D eigenvalue weighted by Gasteiger charge is 2.34. The van der Waals surface area contributed by atoms with Gasteiger partial charge in [0.25, 0.3) is 0 Å². The van der Waals surface area contributed by atoms with Crippen molar-refractivity contribution in [2.45, 2.75) is 45.6 Å². The van der Waals surface area contributed by atoms with Crippen molar-refractivity contribution in [2.24, 2.45) is 29.4 Å². The Morgan fingerprint density at radius 3 is 2.79 bits per heavy atom.